The van der Waals surface area contributed by atoms with Crippen molar-refractivity contribution in [3.8, 4) is 5.75 Å². The smallest absolute Gasteiger partial charge is 0.281 e. The molecular weight excluding hydrogens is 354 g/mol. The first-order valence-electron chi connectivity index (χ1n) is 8.87. The monoisotopic (exact) mass is 383 g/mol. The number of rotatable bonds is 7. The second kappa shape index (κ2) is 8.83. The van der Waals surface area contributed by atoms with E-state index in [-0.39, 0.29) is 24.4 Å². The van der Waals surface area contributed by atoms with Crippen LogP contribution in [0.15, 0.2) is 24.3 Å². The number of hydrogen-bond donors (Lipinski definition) is 1. The van der Waals surface area contributed by atoms with E-state index in [0.29, 0.717) is 26.0 Å². The first-order valence-corrected chi connectivity index (χ1v) is 10.3. The van der Waals surface area contributed by atoms with Crippen molar-refractivity contribution >= 4 is 16.1 Å². The van der Waals surface area contributed by atoms with Crippen LogP contribution in [0.2, 0.25) is 0 Å². The average molecular weight is 384 g/mol. The average Bonchev–Trinajstić information content (AvgIpc) is 2.61. The number of nitrogens with zero attached hydrogens (tertiary/aromatic N) is 2. The molecule has 0 aromatic heterocycles. The molecule has 1 aliphatic heterocycles. The zero-order valence-electron chi connectivity index (χ0n) is 15.9. The predicted molar refractivity (Wildman–Crippen MR) is 101 cm³/mol. The molecular formula is C18H29N3O4S. The minimum absolute atomic E-state index is 0.122. The van der Waals surface area contributed by atoms with Crippen molar-refractivity contribution in [1.82, 2.24) is 13.9 Å². The van der Waals surface area contributed by atoms with Gasteiger partial charge in [-0.1, -0.05) is 17.7 Å². The third-order valence-corrected chi connectivity index (χ3v) is 6.36. The molecule has 1 fully saturated rings. The summed E-state index contributed by atoms with van der Waals surface area (Å²) in [4.78, 5) is 12.5. The third-order valence-electron chi connectivity index (χ3n) is 4.45. The zero-order chi connectivity index (χ0) is 19.3. The van der Waals surface area contributed by atoms with Gasteiger partial charge in [0.05, 0.1) is 12.0 Å². The summed E-state index contributed by atoms with van der Waals surface area (Å²) in [5.41, 5.74) is 1.16. The molecule has 7 nitrogen and oxygen atoms in total. The van der Waals surface area contributed by atoms with Crippen molar-refractivity contribution in [3.63, 3.8) is 0 Å². The van der Waals surface area contributed by atoms with E-state index < -0.39 is 10.2 Å². The Labute approximate surface area is 156 Å². The van der Waals surface area contributed by atoms with Crippen molar-refractivity contribution in [1.29, 1.82) is 0 Å². The Morgan fingerprint density at radius 2 is 2.00 bits per heavy atom. The predicted octanol–water partition coefficient (Wildman–Crippen LogP) is 1.40. The van der Waals surface area contributed by atoms with Gasteiger partial charge in [0.15, 0.2) is 0 Å². The lowest BCUT2D eigenvalue weighted by Gasteiger charge is -2.33. The topological polar surface area (TPSA) is 79.0 Å². The van der Waals surface area contributed by atoms with Crippen LogP contribution in [-0.4, -0.2) is 62.8 Å². The molecule has 1 heterocycles. The van der Waals surface area contributed by atoms with Crippen LogP contribution >= 0.6 is 0 Å². The Bertz CT molecular complexity index is 704. The van der Waals surface area contributed by atoms with Gasteiger partial charge in [0.25, 0.3) is 10.2 Å². The van der Waals surface area contributed by atoms with E-state index in [9.17, 15) is 13.2 Å². The van der Waals surface area contributed by atoms with E-state index in [1.54, 1.807) is 0 Å². The molecule has 0 aliphatic carbocycles. The number of amides is 1. The van der Waals surface area contributed by atoms with Crippen LogP contribution in [0.1, 0.15) is 25.3 Å². The van der Waals surface area contributed by atoms with Crippen molar-refractivity contribution < 1.29 is 17.9 Å². The summed E-state index contributed by atoms with van der Waals surface area (Å²) in [6.07, 6.45) is 1.37. The van der Waals surface area contributed by atoms with Gasteiger partial charge in [0.2, 0.25) is 5.91 Å². The highest BCUT2D eigenvalue weighted by molar-refractivity contribution is 7.86. The first-order chi connectivity index (χ1) is 12.2. The molecule has 1 aromatic carbocycles. The summed E-state index contributed by atoms with van der Waals surface area (Å²) in [6.45, 7) is 4.93. The van der Waals surface area contributed by atoms with Crippen LogP contribution < -0.4 is 10.1 Å². The highest BCUT2D eigenvalue weighted by atomic mass is 32.2. The second-order valence-electron chi connectivity index (χ2n) is 7.02. The maximum absolute atomic E-state index is 12.5. The molecule has 146 valence electrons. The maximum atomic E-state index is 12.5. The molecule has 1 N–H and O–H groups in total. The quantitative estimate of drug-likeness (QED) is 0.772. The number of aryl methyl sites for hydroxylation is 1. The number of hydrogen-bond acceptors (Lipinski definition) is 4. The van der Waals surface area contributed by atoms with Crippen molar-refractivity contribution in [2.45, 2.75) is 32.7 Å². The number of carbonyl (C=O) groups is 1. The molecule has 0 saturated carbocycles. The SMILES string of the molecule is Cc1ccc(OC[C@@H](C)NC(=O)[C@H]2CCCN(S(=O)(=O)N(C)C)C2)cc1. The van der Waals surface area contributed by atoms with Gasteiger partial charge in [-0.3, -0.25) is 4.79 Å². The number of ether oxygens (including phenoxy) is 1. The minimum Gasteiger partial charge on any atom is -0.491 e. The Hall–Kier alpha value is -1.64. The van der Waals surface area contributed by atoms with Gasteiger partial charge in [0.1, 0.15) is 12.4 Å². The van der Waals surface area contributed by atoms with Gasteiger partial charge < -0.3 is 10.1 Å². The molecule has 1 saturated heterocycles. The maximum Gasteiger partial charge on any atom is 0.281 e. The van der Waals surface area contributed by atoms with Crippen molar-refractivity contribution in [2.75, 3.05) is 33.8 Å². The molecule has 8 heteroatoms. The lowest BCUT2D eigenvalue weighted by atomic mass is 9.98. The van der Waals surface area contributed by atoms with E-state index in [4.69, 9.17) is 4.74 Å². The summed E-state index contributed by atoms with van der Waals surface area (Å²) in [5.74, 6) is 0.307. The van der Waals surface area contributed by atoms with Gasteiger partial charge in [-0.25, -0.2) is 0 Å². The molecule has 1 aliphatic rings. The van der Waals surface area contributed by atoms with E-state index in [1.807, 2.05) is 38.1 Å². The van der Waals surface area contributed by atoms with Gasteiger partial charge in [-0.05, 0) is 38.8 Å². The molecule has 1 aromatic rings. The number of nitrogens with one attached hydrogen (secondary N) is 1. The van der Waals surface area contributed by atoms with Gasteiger partial charge >= 0.3 is 0 Å². The molecule has 2 atom stereocenters. The molecule has 0 spiro atoms. The molecule has 2 rings (SSSR count). The van der Waals surface area contributed by atoms with E-state index in [1.165, 1.54) is 22.7 Å². The van der Waals surface area contributed by atoms with E-state index in [0.717, 1.165) is 11.3 Å². The Morgan fingerprint density at radius 1 is 1.35 bits per heavy atom. The second-order valence-corrected chi connectivity index (χ2v) is 9.16. The minimum atomic E-state index is -3.48. The molecule has 26 heavy (non-hydrogen) atoms. The molecule has 0 bridgehead atoms. The molecule has 1 amide bonds. The molecule has 0 radical (unpaired) electrons. The summed E-state index contributed by atoms with van der Waals surface area (Å²) < 4.78 is 32.8. The lowest BCUT2D eigenvalue weighted by molar-refractivity contribution is -0.126. The fourth-order valence-corrected chi connectivity index (χ4v) is 4.05. The largest absolute Gasteiger partial charge is 0.491 e. The van der Waals surface area contributed by atoms with E-state index in [2.05, 4.69) is 5.32 Å². The van der Waals surface area contributed by atoms with Crippen molar-refractivity contribution in [3.05, 3.63) is 29.8 Å². The number of benzene rings is 1. The summed E-state index contributed by atoms with van der Waals surface area (Å²) >= 11 is 0. The standard InChI is InChI=1S/C18H29N3O4S/c1-14-7-9-17(10-8-14)25-13-15(2)19-18(22)16-6-5-11-21(12-16)26(23,24)20(3)4/h7-10,15-16H,5-6,11-13H2,1-4H3,(H,19,22)/t15-,16+/m1/s1. The van der Waals surface area contributed by atoms with Crippen LogP contribution in [0.4, 0.5) is 0 Å². The highest BCUT2D eigenvalue weighted by Crippen LogP contribution is 2.20. The third kappa shape index (κ3) is 5.43. The zero-order valence-corrected chi connectivity index (χ0v) is 16.8. The molecule has 0 unspecified atom stereocenters. The van der Waals surface area contributed by atoms with Crippen molar-refractivity contribution in [2.24, 2.45) is 5.92 Å². The fourth-order valence-electron chi connectivity index (χ4n) is 2.86. The first kappa shape index (κ1) is 20.7. The van der Waals surface area contributed by atoms with Crippen LogP contribution in [0.3, 0.4) is 0 Å². The van der Waals surface area contributed by atoms with Crippen LogP contribution in [-0.2, 0) is 15.0 Å². The van der Waals surface area contributed by atoms with E-state index >= 15 is 0 Å². The number of piperidine rings is 1. The Morgan fingerprint density at radius 3 is 2.62 bits per heavy atom. The fraction of sp³-hybridized carbons (Fsp3) is 0.611. The highest BCUT2D eigenvalue weighted by Gasteiger charge is 2.33. The Balaban J connectivity index is 1.85. The van der Waals surface area contributed by atoms with Gasteiger partial charge in [0, 0.05) is 27.2 Å². The summed E-state index contributed by atoms with van der Waals surface area (Å²) in [5, 5.41) is 2.93. The number of carbonyl (C=O) groups excluding carboxylic acids is 1. The summed E-state index contributed by atoms with van der Waals surface area (Å²) in [7, 11) is -0.476. The van der Waals surface area contributed by atoms with Crippen LogP contribution in [0.5, 0.6) is 5.75 Å². The van der Waals surface area contributed by atoms with Gasteiger partial charge in [-0.2, -0.15) is 17.0 Å². The lowest BCUT2D eigenvalue weighted by Crippen LogP contribution is -2.50. The van der Waals surface area contributed by atoms with Crippen LogP contribution in [0, 0.1) is 12.8 Å². The van der Waals surface area contributed by atoms with Crippen LogP contribution in [0.25, 0.3) is 0 Å². The summed E-state index contributed by atoms with van der Waals surface area (Å²) in [6, 6.07) is 7.58. The normalized spacial score (nSPS) is 20.0. The Kier molecular flexibility index (Phi) is 7.02. The van der Waals surface area contributed by atoms with Gasteiger partial charge in [-0.15, -0.1) is 0 Å².